The highest BCUT2D eigenvalue weighted by molar-refractivity contribution is 6.48. The minimum atomic E-state index is 0.261. The SMILES string of the molecule is CC1(C)CC(C)(C)[SiH2]1. The molecule has 0 bridgehead atoms. The first-order valence-corrected chi connectivity index (χ1v) is 4.83. The van der Waals surface area contributed by atoms with Gasteiger partial charge in [0, 0.05) is 9.52 Å². The van der Waals surface area contributed by atoms with Crippen LogP contribution >= 0.6 is 0 Å². The molecule has 0 spiro atoms. The van der Waals surface area contributed by atoms with Gasteiger partial charge in [-0.2, -0.15) is 0 Å². The van der Waals surface area contributed by atoms with Crippen LogP contribution in [0.2, 0.25) is 10.1 Å². The molecule has 0 amide bonds. The van der Waals surface area contributed by atoms with Crippen molar-refractivity contribution < 1.29 is 0 Å². The molecule has 1 heterocycles. The number of rotatable bonds is 0. The molecule has 0 aliphatic carbocycles. The van der Waals surface area contributed by atoms with Crippen LogP contribution in [-0.4, -0.2) is 9.52 Å². The van der Waals surface area contributed by atoms with Crippen molar-refractivity contribution in [3.63, 3.8) is 0 Å². The second-order valence-electron chi connectivity index (χ2n) is 4.68. The summed E-state index contributed by atoms with van der Waals surface area (Å²) in [6.45, 7) is 9.63. The third kappa shape index (κ3) is 1.13. The Hall–Kier alpha value is 0.217. The second kappa shape index (κ2) is 1.38. The van der Waals surface area contributed by atoms with E-state index in [2.05, 4.69) is 27.7 Å². The molecule has 1 saturated heterocycles. The molecular weight excluding hydrogens is 112 g/mol. The molecule has 1 heteroatoms. The van der Waals surface area contributed by atoms with Gasteiger partial charge in [-0.1, -0.05) is 27.7 Å². The highest BCUT2D eigenvalue weighted by Gasteiger charge is 2.42. The molecule has 1 rings (SSSR count). The van der Waals surface area contributed by atoms with Crippen LogP contribution in [0.3, 0.4) is 0 Å². The number of hydrogen-bond acceptors (Lipinski definition) is 0. The van der Waals surface area contributed by atoms with Gasteiger partial charge in [-0.3, -0.25) is 0 Å². The largest absolute Gasteiger partial charge is 0.0629 e. The molecule has 1 aliphatic heterocycles. The van der Waals surface area contributed by atoms with E-state index in [9.17, 15) is 0 Å². The Bertz CT molecular complexity index is 81.0. The smallest absolute Gasteiger partial charge is 0.0327 e. The lowest BCUT2D eigenvalue weighted by atomic mass is 9.96. The monoisotopic (exact) mass is 128 g/mol. The van der Waals surface area contributed by atoms with Crippen LogP contribution in [0.1, 0.15) is 34.1 Å². The third-order valence-electron chi connectivity index (χ3n) is 1.91. The predicted molar refractivity (Wildman–Crippen MR) is 41.2 cm³/mol. The van der Waals surface area contributed by atoms with E-state index in [1.807, 2.05) is 0 Å². The maximum absolute atomic E-state index is 2.41. The summed E-state index contributed by atoms with van der Waals surface area (Å²) in [5, 5.41) is 1.59. The Labute approximate surface area is 54.5 Å². The van der Waals surface area contributed by atoms with Crippen LogP contribution < -0.4 is 0 Å². The van der Waals surface area contributed by atoms with Crippen LogP contribution in [0.25, 0.3) is 0 Å². The molecule has 0 N–H and O–H groups in total. The summed E-state index contributed by atoms with van der Waals surface area (Å²) in [5.41, 5.74) is 0. The fraction of sp³-hybridized carbons (Fsp3) is 1.00. The van der Waals surface area contributed by atoms with Crippen LogP contribution in [0.5, 0.6) is 0 Å². The second-order valence-corrected chi connectivity index (χ2v) is 8.86. The lowest BCUT2D eigenvalue weighted by Gasteiger charge is -2.48. The van der Waals surface area contributed by atoms with Gasteiger partial charge in [0.15, 0.2) is 0 Å². The van der Waals surface area contributed by atoms with Gasteiger partial charge in [-0.05, 0) is 16.5 Å². The Morgan fingerprint density at radius 3 is 1.25 bits per heavy atom. The molecular formula is C7H16Si. The minimum Gasteiger partial charge on any atom is -0.0629 e. The van der Waals surface area contributed by atoms with E-state index in [-0.39, 0.29) is 9.52 Å². The van der Waals surface area contributed by atoms with E-state index < -0.39 is 0 Å². The molecule has 8 heavy (non-hydrogen) atoms. The predicted octanol–water partition coefficient (Wildman–Crippen LogP) is 1.96. The van der Waals surface area contributed by atoms with Gasteiger partial charge < -0.3 is 0 Å². The van der Waals surface area contributed by atoms with Gasteiger partial charge in [-0.25, -0.2) is 0 Å². The van der Waals surface area contributed by atoms with E-state index in [4.69, 9.17) is 0 Å². The fourth-order valence-electron chi connectivity index (χ4n) is 2.54. The quantitative estimate of drug-likeness (QED) is 0.437. The minimum absolute atomic E-state index is 0.261. The number of hydrogen-bond donors (Lipinski definition) is 0. The van der Waals surface area contributed by atoms with Gasteiger partial charge in [0.25, 0.3) is 0 Å². The molecule has 0 aromatic heterocycles. The summed E-state index contributed by atoms with van der Waals surface area (Å²) >= 11 is 0. The van der Waals surface area contributed by atoms with Gasteiger partial charge in [0.05, 0.1) is 0 Å². The van der Waals surface area contributed by atoms with Gasteiger partial charge in [0.2, 0.25) is 0 Å². The summed E-state index contributed by atoms with van der Waals surface area (Å²) in [4.78, 5) is 0. The van der Waals surface area contributed by atoms with E-state index in [1.54, 1.807) is 0 Å². The zero-order chi connectivity index (χ0) is 6.41. The molecule has 0 aromatic rings. The van der Waals surface area contributed by atoms with Crippen molar-refractivity contribution in [2.45, 2.75) is 44.2 Å². The third-order valence-corrected chi connectivity index (χ3v) is 4.33. The van der Waals surface area contributed by atoms with E-state index in [1.165, 1.54) is 6.42 Å². The normalized spacial score (nSPS) is 31.5. The van der Waals surface area contributed by atoms with Crippen molar-refractivity contribution in [3.8, 4) is 0 Å². The lowest BCUT2D eigenvalue weighted by Crippen LogP contribution is -2.37. The molecule has 0 radical (unpaired) electrons. The Morgan fingerprint density at radius 2 is 1.25 bits per heavy atom. The van der Waals surface area contributed by atoms with Gasteiger partial charge in [-0.15, -0.1) is 0 Å². The first-order valence-electron chi connectivity index (χ1n) is 3.41. The summed E-state index contributed by atoms with van der Waals surface area (Å²) in [7, 11) is 0.261. The molecule has 0 aromatic carbocycles. The fourth-order valence-corrected chi connectivity index (χ4v) is 6.20. The lowest BCUT2D eigenvalue weighted by molar-refractivity contribution is 0.410. The van der Waals surface area contributed by atoms with Crippen LogP contribution in [0.4, 0.5) is 0 Å². The first kappa shape index (κ1) is 6.34. The molecule has 0 atom stereocenters. The van der Waals surface area contributed by atoms with E-state index >= 15 is 0 Å². The average Bonchev–Trinajstić information content (AvgIpc) is 1.20. The zero-order valence-corrected chi connectivity index (χ0v) is 7.83. The summed E-state index contributed by atoms with van der Waals surface area (Å²) < 4.78 is 0. The standard InChI is InChI=1S/C7H16Si/c1-6(2)5-7(3,4)8-6/h5,8H2,1-4H3. The molecule has 0 nitrogen and oxygen atoms in total. The Morgan fingerprint density at radius 1 is 1.00 bits per heavy atom. The van der Waals surface area contributed by atoms with Crippen molar-refractivity contribution >= 4 is 9.52 Å². The average molecular weight is 128 g/mol. The van der Waals surface area contributed by atoms with Crippen LogP contribution in [0, 0.1) is 0 Å². The Kier molecular flexibility index (Phi) is 1.09. The Balaban J connectivity index is 2.42. The molecule has 1 aliphatic rings. The summed E-state index contributed by atoms with van der Waals surface area (Å²) in [6.07, 6.45) is 1.46. The van der Waals surface area contributed by atoms with Gasteiger partial charge >= 0.3 is 0 Å². The molecule has 0 saturated carbocycles. The molecule has 1 fully saturated rings. The maximum Gasteiger partial charge on any atom is 0.0327 e. The van der Waals surface area contributed by atoms with Crippen molar-refractivity contribution in [1.82, 2.24) is 0 Å². The van der Waals surface area contributed by atoms with E-state index in [0.29, 0.717) is 0 Å². The van der Waals surface area contributed by atoms with Crippen LogP contribution in [0.15, 0.2) is 0 Å². The topological polar surface area (TPSA) is 0 Å². The zero-order valence-electron chi connectivity index (χ0n) is 6.41. The van der Waals surface area contributed by atoms with Crippen molar-refractivity contribution in [2.75, 3.05) is 0 Å². The van der Waals surface area contributed by atoms with Crippen molar-refractivity contribution in [2.24, 2.45) is 0 Å². The van der Waals surface area contributed by atoms with E-state index in [0.717, 1.165) is 10.1 Å². The van der Waals surface area contributed by atoms with Crippen molar-refractivity contribution in [3.05, 3.63) is 0 Å². The van der Waals surface area contributed by atoms with Gasteiger partial charge in [0.1, 0.15) is 0 Å². The molecule has 48 valence electrons. The highest BCUT2D eigenvalue weighted by Crippen LogP contribution is 2.56. The first-order chi connectivity index (χ1) is 3.41. The molecule has 0 unspecified atom stereocenters. The van der Waals surface area contributed by atoms with Crippen LogP contribution in [-0.2, 0) is 0 Å². The van der Waals surface area contributed by atoms with Crippen molar-refractivity contribution in [1.29, 1.82) is 0 Å². The highest BCUT2D eigenvalue weighted by atomic mass is 28.2. The summed E-state index contributed by atoms with van der Waals surface area (Å²) in [5.74, 6) is 0. The maximum atomic E-state index is 2.41. The summed E-state index contributed by atoms with van der Waals surface area (Å²) in [6, 6.07) is 0.